The molecule has 102 valence electrons. The lowest BCUT2D eigenvalue weighted by Gasteiger charge is -2.14. The van der Waals surface area contributed by atoms with Gasteiger partial charge in [-0.15, -0.1) is 11.6 Å². The zero-order valence-electron chi connectivity index (χ0n) is 10.4. The van der Waals surface area contributed by atoms with Crippen LogP contribution in [0.5, 0.6) is 0 Å². The molecule has 0 spiro atoms. The van der Waals surface area contributed by atoms with E-state index in [4.69, 9.17) is 11.6 Å². The number of alkyl halides is 1. The van der Waals surface area contributed by atoms with Gasteiger partial charge in [0.05, 0.1) is 6.20 Å². The third-order valence-corrected chi connectivity index (χ3v) is 5.24. The molecule has 0 radical (unpaired) electrons. The molecule has 2 heterocycles. The van der Waals surface area contributed by atoms with Crippen molar-refractivity contribution in [1.82, 2.24) is 14.1 Å². The Labute approximate surface area is 113 Å². The third-order valence-electron chi connectivity index (χ3n) is 3.15. The second kappa shape index (κ2) is 5.59. The zero-order chi connectivity index (χ0) is 13.2. The molecule has 18 heavy (non-hydrogen) atoms. The maximum atomic E-state index is 12.3. The van der Waals surface area contributed by atoms with E-state index in [-0.39, 0.29) is 4.90 Å². The van der Waals surface area contributed by atoms with Crippen LogP contribution in [0.2, 0.25) is 0 Å². The fraction of sp³-hybridized carbons (Fsp3) is 0.727. The van der Waals surface area contributed by atoms with Gasteiger partial charge in [-0.3, -0.25) is 4.68 Å². The van der Waals surface area contributed by atoms with Gasteiger partial charge in [-0.25, -0.2) is 8.42 Å². The highest BCUT2D eigenvalue weighted by Gasteiger charge is 2.31. The molecule has 1 fully saturated rings. The van der Waals surface area contributed by atoms with E-state index in [1.54, 1.807) is 15.2 Å². The molecule has 0 amide bonds. The monoisotopic (exact) mass is 291 g/mol. The van der Waals surface area contributed by atoms with Gasteiger partial charge >= 0.3 is 0 Å². The Balaban J connectivity index is 2.12. The van der Waals surface area contributed by atoms with Gasteiger partial charge in [-0.1, -0.05) is 6.92 Å². The number of nitrogens with zero attached hydrogens (tertiary/aromatic N) is 3. The Hall–Kier alpha value is -0.590. The topological polar surface area (TPSA) is 55.2 Å². The lowest BCUT2D eigenvalue weighted by atomic mass is 10.2. The summed E-state index contributed by atoms with van der Waals surface area (Å²) in [5, 5.41) is 4.06. The third kappa shape index (κ3) is 2.87. The Kier molecular flexibility index (Phi) is 4.29. The highest BCUT2D eigenvalue weighted by Crippen LogP contribution is 2.23. The average molecular weight is 292 g/mol. The molecule has 1 saturated heterocycles. The van der Waals surface area contributed by atoms with Crippen LogP contribution in [-0.2, 0) is 16.6 Å². The van der Waals surface area contributed by atoms with Gasteiger partial charge < -0.3 is 0 Å². The molecule has 1 unspecified atom stereocenters. The molecule has 0 bridgehead atoms. The maximum Gasteiger partial charge on any atom is 0.246 e. The van der Waals surface area contributed by atoms with Crippen LogP contribution in [0.25, 0.3) is 0 Å². The summed E-state index contributed by atoms with van der Waals surface area (Å²) in [5.74, 6) is 0.983. The van der Waals surface area contributed by atoms with Gasteiger partial charge in [-0.2, -0.15) is 9.40 Å². The largest absolute Gasteiger partial charge is 0.271 e. The van der Waals surface area contributed by atoms with Crippen molar-refractivity contribution >= 4 is 21.6 Å². The van der Waals surface area contributed by atoms with Crippen molar-refractivity contribution in [3.8, 4) is 0 Å². The minimum atomic E-state index is -3.36. The van der Waals surface area contributed by atoms with Crippen LogP contribution >= 0.6 is 11.6 Å². The van der Waals surface area contributed by atoms with Crippen LogP contribution in [0.3, 0.4) is 0 Å². The molecular formula is C11H18ClN3O2S. The van der Waals surface area contributed by atoms with E-state index in [0.29, 0.717) is 31.4 Å². The van der Waals surface area contributed by atoms with Gasteiger partial charge in [0.15, 0.2) is 0 Å². The first-order chi connectivity index (χ1) is 8.54. The van der Waals surface area contributed by atoms with Crippen LogP contribution in [0.1, 0.15) is 19.8 Å². The minimum Gasteiger partial charge on any atom is -0.271 e. The second-order valence-electron chi connectivity index (χ2n) is 4.74. The maximum absolute atomic E-state index is 12.3. The summed E-state index contributed by atoms with van der Waals surface area (Å²) in [5.41, 5.74) is 0. The number of sulfonamides is 1. The first-order valence-corrected chi connectivity index (χ1v) is 8.10. The van der Waals surface area contributed by atoms with Gasteiger partial charge in [0, 0.05) is 31.7 Å². The molecule has 0 saturated carbocycles. The van der Waals surface area contributed by atoms with Crippen LogP contribution in [-0.4, -0.2) is 41.5 Å². The van der Waals surface area contributed by atoms with E-state index < -0.39 is 10.0 Å². The second-order valence-corrected chi connectivity index (χ2v) is 7.05. The van der Waals surface area contributed by atoms with Crippen molar-refractivity contribution in [2.75, 3.05) is 19.0 Å². The van der Waals surface area contributed by atoms with Crippen LogP contribution < -0.4 is 0 Å². The van der Waals surface area contributed by atoms with Crippen molar-refractivity contribution in [2.45, 2.75) is 31.2 Å². The van der Waals surface area contributed by atoms with Gasteiger partial charge in [0.2, 0.25) is 10.0 Å². The summed E-state index contributed by atoms with van der Waals surface area (Å²) >= 11 is 5.60. The summed E-state index contributed by atoms with van der Waals surface area (Å²) in [4.78, 5) is 0.283. The lowest BCUT2D eigenvalue weighted by Crippen LogP contribution is -2.28. The number of hydrogen-bond acceptors (Lipinski definition) is 3. The van der Waals surface area contributed by atoms with Crippen molar-refractivity contribution in [2.24, 2.45) is 5.92 Å². The lowest BCUT2D eigenvalue weighted by molar-refractivity contribution is 0.464. The highest BCUT2D eigenvalue weighted by atomic mass is 35.5. The smallest absolute Gasteiger partial charge is 0.246 e. The number of halogens is 1. The Morgan fingerprint density at radius 3 is 2.94 bits per heavy atom. The van der Waals surface area contributed by atoms with E-state index in [9.17, 15) is 8.42 Å². The minimum absolute atomic E-state index is 0.283. The molecule has 7 heteroatoms. The van der Waals surface area contributed by atoms with Crippen molar-refractivity contribution in [3.63, 3.8) is 0 Å². The standard InChI is InChI=1S/C11H18ClN3O2S/c1-10-3-6-15(8-10)18(16,17)11-7-13-14(9-11)5-2-4-12/h7,9-10H,2-6,8H2,1H3. The molecule has 0 aliphatic carbocycles. The number of aromatic nitrogens is 2. The van der Waals surface area contributed by atoms with Crippen LogP contribution in [0.15, 0.2) is 17.3 Å². The van der Waals surface area contributed by atoms with Gasteiger partial charge in [0.1, 0.15) is 4.90 Å². The average Bonchev–Trinajstić information content (AvgIpc) is 2.95. The zero-order valence-corrected chi connectivity index (χ0v) is 12.0. The molecule has 1 aliphatic heterocycles. The van der Waals surface area contributed by atoms with Gasteiger partial charge in [0.25, 0.3) is 0 Å². The molecular weight excluding hydrogens is 274 g/mol. The molecule has 0 N–H and O–H groups in total. The molecule has 0 aromatic carbocycles. The van der Waals surface area contributed by atoms with E-state index in [1.165, 1.54) is 6.20 Å². The fourth-order valence-corrected chi connectivity index (χ4v) is 3.73. The molecule has 1 aliphatic rings. The van der Waals surface area contributed by atoms with E-state index in [0.717, 1.165) is 12.8 Å². The summed E-state index contributed by atoms with van der Waals surface area (Å²) in [6.45, 7) is 3.93. The Morgan fingerprint density at radius 1 is 1.56 bits per heavy atom. The van der Waals surface area contributed by atoms with Crippen molar-refractivity contribution < 1.29 is 8.42 Å². The summed E-state index contributed by atoms with van der Waals surface area (Å²) < 4.78 is 27.8. The SMILES string of the molecule is CC1CCN(S(=O)(=O)c2cnn(CCCCl)c2)C1. The molecule has 1 aromatic rings. The Bertz CT molecular complexity index is 500. The molecule has 2 rings (SSSR count). The first-order valence-electron chi connectivity index (χ1n) is 6.12. The normalized spacial score (nSPS) is 21.6. The number of aryl methyl sites for hydroxylation is 1. The quantitative estimate of drug-likeness (QED) is 0.773. The Morgan fingerprint density at radius 2 is 2.33 bits per heavy atom. The number of hydrogen-bond donors (Lipinski definition) is 0. The predicted molar refractivity (Wildman–Crippen MR) is 70.1 cm³/mol. The summed E-state index contributed by atoms with van der Waals surface area (Å²) in [6.07, 6.45) is 4.72. The molecule has 5 nitrogen and oxygen atoms in total. The number of rotatable bonds is 5. The van der Waals surface area contributed by atoms with Crippen molar-refractivity contribution in [1.29, 1.82) is 0 Å². The highest BCUT2D eigenvalue weighted by molar-refractivity contribution is 7.89. The summed E-state index contributed by atoms with van der Waals surface area (Å²) in [6, 6.07) is 0. The summed E-state index contributed by atoms with van der Waals surface area (Å²) in [7, 11) is -3.36. The predicted octanol–water partition coefficient (Wildman–Crippen LogP) is 1.54. The van der Waals surface area contributed by atoms with E-state index >= 15 is 0 Å². The van der Waals surface area contributed by atoms with E-state index in [2.05, 4.69) is 12.0 Å². The van der Waals surface area contributed by atoms with E-state index in [1.807, 2.05) is 0 Å². The fourth-order valence-electron chi connectivity index (χ4n) is 2.08. The molecule has 1 atom stereocenters. The van der Waals surface area contributed by atoms with Crippen LogP contribution in [0, 0.1) is 5.92 Å². The van der Waals surface area contributed by atoms with Crippen molar-refractivity contribution in [3.05, 3.63) is 12.4 Å². The van der Waals surface area contributed by atoms with Gasteiger partial charge in [-0.05, 0) is 18.8 Å². The van der Waals surface area contributed by atoms with Crippen LogP contribution in [0.4, 0.5) is 0 Å². The molecule has 1 aromatic heterocycles. The first kappa shape index (κ1) is 13.8.